The van der Waals surface area contributed by atoms with E-state index in [1.807, 2.05) is 0 Å². The van der Waals surface area contributed by atoms with E-state index in [4.69, 9.17) is 5.26 Å². The van der Waals surface area contributed by atoms with E-state index < -0.39 is 43.9 Å². The predicted octanol–water partition coefficient (Wildman–Crippen LogP) is 4.35. The monoisotopic (exact) mass is 400 g/mol. The van der Waals surface area contributed by atoms with Crippen molar-refractivity contribution < 1.29 is 34.8 Å². The predicted molar refractivity (Wildman–Crippen MR) is 82.6 cm³/mol. The number of allylic oxidation sites excluding steroid dienone is 1. The van der Waals surface area contributed by atoms with Gasteiger partial charge in [0.05, 0.1) is 16.9 Å². The third-order valence-electron chi connectivity index (χ3n) is 3.21. The zero-order valence-electron chi connectivity index (χ0n) is 13.6. The van der Waals surface area contributed by atoms with Crippen molar-refractivity contribution in [2.45, 2.75) is 25.7 Å². The molecule has 0 aliphatic heterocycles. The highest BCUT2D eigenvalue weighted by molar-refractivity contribution is 7.95. The van der Waals surface area contributed by atoms with Crippen LogP contribution in [-0.4, -0.2) is 21.2 Å². The van der Waals surface area contributed by atoms with Gasteiger partial charge >= 0.3 is 12.4 Å². The Hall–Kier alpha value is -2.22. The first-order chi connectivity index (χ1) is 11.7. The summed E-state index contributed by atoms with van der Waals surface area (Å²) in [4.78, 5) is -0.0243. The molecular weight excluding hydrogens is 386 g/mol. The highest BCUT2D eigenvalue weighted by Gasteiger charge is 2.37. The molecule has 0 fully saturated rings. The van der Waals surface area contributed by atoms with Crippen LogP contribution in [0.15, 0.2) is 29.3 Å². The van der Waals surface area contributed by atoms with Crippen molar-refractivity contribution in [3.05, 3.63) is 40.4 Å². The van der Waals surface area contributed by atoms with Gasteiger partial charge in [-0.25, -0.2) is 8.42 Å². The summed E-state index contributed by atoms with van der Waals surface area (Å²) in [5.41, 5.74) is -3.65. The summed E-state index contributed by atoms with van der Waals surface area (Å²) < 4.78 is 101. The summed E-state index contributed by atoms with van der Waals surface area (Å²) in [6, 6.07) is 2.24. The van der Waals surface area contributed by atoms with Crippen LogP contribution in [0.25, 0.3) is 0 Å². The van der Waals surface area contributed by atoms with Gasteiger partial charge in [-0.15, -0.1) is 0 Å². The lowest BCUT2D eigenvalue weighted by Gasteiger charge is -2.19. The number of sulfone groups is 1. The number of halogens is 6. The number of alkyl halides is 6. The Balaban J connectivity index is 3.50. The Bertz CT molecular complexity index is 803. The van der Waals surface area contributed by atoms with E-state index in [9.17, 15) is 34.8 Å². The Kier molecular flexibility index (Phi) is 6.35. The van der Waals surface area contributed by atoms with Crippen molar-refractivity contribution in [3.63, 3.8) is 0 Å². The number of nitriles is 1. The number of nitrogens with zero attached hydrogens (tertiary/aromatic N) is 2. The van der Waals surface area contributed by atoms with Gasteiger partial charge in [0.25, 0.3) is 0 Å². The van der Waals surface area contributed by atoms with E-state index in [-0.39, 0.29) is 18.2 Å². The lowest BCUT2D eigenvalue weighted by Crippen LogP contribution is -2.17. The number of hydrogen-bond donors (Lipinski definition) is 0. The van der Waals surface area contributed by atoms with Crippen LogP contribution in [0.5, 0.6) is 0 Å². The summed E-state index contributed by atoms with van der Waals surface area (Å²) in [5.74, 6) is -0.378. The van der Waals surface area contributed by atoms with Crippen LogP contribution in [0.4, 0.5) is 32.0 Å². The number of rotatable bonds is 5. The molecule has 0 aliphatic carbocycles. The fraction of sp³-hybridized carbons (Fsp3) is 0.400. The highest BCUT2D eigenvalue weighted by atomic mass is 32.2. The molecule has 0 amide bonds. The standard InChI is InChI=1S/C15H14F6N2O2S/c1-3-4-26(24,25)13(8-22)9-23(2)12-6-10(14(16,17)18)5-11(7-12)15(19,20)21/h5-7,9H,3-4H2,1-2H3/b13-9+. The molecule has 0 aliphatic rings. The van der Waals surface area contributed by atoms with Crippen LogP contribution in [0, 0.1) is 11.3 Å². The normalized spacial score (nSPS) is 13.4. The van der Waals surface area contributed by atoms with Gasteiger partial charge in [0.2, 0.25) is 0 Å². The maximum atomic E-state index is 12.9. The largest absolute Gasteiger partial charge is 0.416 e. The molecule has 0 radical (unpaired) electrons. The van der Waals surface area contributed by atoms with Crippen molar-refractivity contribution in [2.75, 3.05) is 17.7 Å². The van der Waals surface area contributed by atoms with E-state index in [0.717, 1.165) is 11.9 Å². The molecule has 0 heterocycles. The first kappa shape index (κ1) is 21.8. The highest BCUT2D eigenvalue weighted by Crippen LogP contribution is 2.38. The Labute approximate surface area is 146 Å². The number of benzene rings is 1. The molecular formula is C15H14F6N2O2S. The summed E-state index contributed by atoms with van der Waals surface area (Å²) in [5, 5.41) is 8.97. The van der Waals surface area contributed by atoms with E-state index in [0.29, 0.717) is 18.3 Å². The summed E-state index contributed by atoms with van der Waals surface area (Å²) in [6.45, 7) is 1.54. The maximum Gasteiger partial charge on any atom is 0.416 e. The molecule has 0 atom stereocenters. The van der Waals surface area contributed by atoms with Gasteiger partial charge in [0, 0.05) is 18.9 Å². The Morgan fingerprint density at radius 1 is 1.12 bits per heavy atom. The third-order valence-corrected chi connectivity index (χ3v) is 5.02. The number of hydrogen-bond acceptors (Lipinski definition) is 4. The van der Waals surface area contributed by atoms with Gasteiger partial charge in [0.1, 0.15) is 6.07 Å². The second-order valence-corrected chi connectivity index (χ2v) is 7.38. The molecule has 0 aromatic heterocycles. The second-order valence-electron chi connectivity index (χ2n) is 5.30. The molecule has 4 nitrogen and oxygen atoms in total. The van der Waals surface area contributed by atoms with E-state index in [1.54, 1.807) is 6.92 Å². The molecule has 0 saturated carbocycles. The van der Waals surface area contributed by atoms with Crippen molar-refractivity contribution >= 4 is 15.5 Å². The van der Waals surface area contributed by atoms with Gasteiger partial charge in [-0.2, -0.15) is 31.6 Å². The van der Waals surface area contributed by atoms with Gasteiger partial charge < -0.3 is 4.90 Å². The molecule has 0 N–H and O–H groups in total. The minimum atomic E-state index is -5.03. The van der Waals surface area contributed by atoms with Gasteiger partial charge in [-0.1, -0.05) is 6.92 Å². The van der Waals surface area contributed by atoms with Gasteiger partial charge in [0.15, 0.2) is 14.7 Å². The van der Waals surface area contributed by atoms with Crippen molar-refractivity contribution in [1.29, 1.82) is 5.26 Å². The van der Waals surface area contributed by atoms with E-state index >= 15 is 0 Å². The van der Waals surface area contributed by atoms with E-state index in [2.05, 4.69) is 0 Å². The first-order valence-electron chi connectivity index (χ1n) is 7.09. The molecule has 0 bridgehead atoms. The smallest absolute Gasteiger partial charge is 0.349 e. The van der Waals surface area contributed by atoms with Crippen LogP contribution < -0.4 is 4.90 Å². The fourth-order valence-electron chi connectivity index (χ4n) is 1.95. The third kappa shape index (κ3) is 5.39. The summed E-state index contributed by atoms with van der Waals surface area (Å²) in [7, 11) is -2.94. The maximum absolute atomic E-state index is 12.9. The molecule has 1 aromatic carbocycles. The Morgan fingerprint density at radius 3 is 1.92 bits per heavy atom. The fourth-order valence-corrected chi connectivity index (χ4v) is 3.17. The van der Waals surface area contributed by atoms with Crippen molar-refractivity contribution in [1.82, 2.24) is 0 Å². The quantitative estimate of drug-likeness (QED) is 0.545. The van der Waals surface area contributed by atoms with Gasteiger partial charge in [-0.05, 0) is 24.6 Å². The SMILES string of the molecule is CCCS(=O)(=O)/C(C#N)=C/N(C)c1cc(C(F)(F)F)cc(C(F)(F)F)c1. The lowest BCUT2D eigenvalue weighted by molar-refractivity contribution is -0.143. The molecule has 1 aromatic rings. The summed E-state index contributed by atoms with van der Waals surface area (Å²) in [6.07, 6.45) is -9.19. The zero-order valence-corrected chi connectivity index (χ0v) is 14.4. The number of anilines is 1. The molecule has 0 spiro atoms. The van der Waals surface area contributed by atoms with Crippen molar-refractivity contribution in [3.8, 4) is 6.07 Å². The molecule has 26 heavy (non-hydrogen) atoms. The van der Waals surface area contributed by atoms with Gasteiger partial charge in [-0.3, -0.25) is 0 Å². The van der Waals surface area contributed by atoms with Crippen LogP contribution in [-0.2, 0) is 22.2 Å². The van der Waals surface area contributed by atoms with Crippen LogP contribution in [0.3, 0.4) is 0 Å². The second kappa shape index (κ2) is 7.57. The Morgan fingerprint density at radius 2 is 1.58 bits per heavy atom. The molecule has 144 valence electrons. The minimum Gasteiger partial charge on any atom is -0.349 e. The molecule has 0 saturated heterocycles. The van der Waals surface area contributed by atoms with E-state index in [1.165, 1.54) is 6.07 Å². The molecule has 1 rings (SSSR count). The summed E-state index contributed by atoms with van der Waals surface area (Å²) >= 11 is 0. The van der Waals surface area contributed by atoms with Crippen LogP contribution in [0.1, 0.15) is 24.5 Å². The molecule has 0 unspecified atom stereocenters. The van der Waals surface area contributed by atoms with Crippen LogP contribution in [0.2, 0.25) is 0 Å². The topological polar surface area (TPSA) is 61.2 Å². The molecule has 11 heteroatoms. The van der Waals surface area contributed by atoms with Crippen LogP contribution >= 0.6 is 0 Å². The zero-order chi connectivity index (χ0) is 20.3. The average molecular weight is 400 g/mol. The average Bonchev–Trinajstić information content (AvgIpc) is 2.49. The minimum absolute atomic E-state index is 0.0416. The first-order valence-corrected chi connectivity index (χ1v) is 8.74. The van der Waals surface area contributed by atoms with Crippen molar-refractivity contribution in [2.24, 2.45) is 0 Å². The lowest BCUT2D eigenvalue weighted by atomic mass is 10.1.